The fourth-order valence-corrected chi connectivity index (χ4v) is 14.4. The van der Waals surface area contributed by atoms with Gasteiger partial charge < -0.3 is 47.4 Å². The number of benzene rings is 5. The van der Waals surface area contributed by atoms with Gasteiger partial charge in [0, 0.05) is 0 Å². The Morgan fingerprint density at radius 1 is 0.400 bits per heavy atom. The maximum absolute atomic E-state index is 12.6. The zero-order valence-electron chi connectivity index (χ0n) is 64.5. The summed E-state index contributed by atoms with van der Waals surface area (Å²) in [5.74, 6) is 8.72. The van der Waals surface area contributed by atoms with Crippen molar-refractivity contribution in [2.24, 2.45) is 23.7 Å². The van der Waals surface area contributed by atoms with Gasteiger partial charge >= 0.3 is 17.9 Å². The number of carbonyl (C=O) groups excluding carboxylic acids is 3. The number of unbranched alkanes of at least 4 members (excludes halogenated alkanes) is 1. The standard InChI is InChI=1S/C28H42O4.C24H34O3.C19H28O3.C16H24O3/c1-7-21(3)25-11-15-27(16-12-25)31-23(5)29-19-9-10-20-30-24(6)32-28-17-13-26(14-18-28)22(4)8-2;1-4-16(3)19-6-8-22(9-7-19)26-15-23(25)27-24(5-2)20-11-17-10-18(13-20)14-21(24)12-17;1-4-15(3)16-8-10-17(11-9-16)21-14-18(20)22-19(5-2)12-6-7-13-19;1-6-12(2)13-7-9-14(10-8-13)18-11-15(17)19-16(3,4)5/h11-18,21-24H,7-10,19-20H2,1-6H3;6-9,16-18,20-21H,4-5,10-15H2,1-3H3;8-11,15H,4-7,12-14H2,1-3H3;7-10,12H,6,11H2,1-5H3. The SMILES string of the molecule is CCC(C)c1ccc(OC(C)OCCCCOC(C)Oc2ccc(C(C)CC)cc2)cc1.CCC(C)c1ccc(OCC(=O)OC(C)(C)C)cc1.CCC(C)c1ccc(OCC(=O)OC2(CC)C3CC4CC(C3)CC2C4)cc1.CCC(C)c1ccc(OCC(=O)OC2(CC)CCCC2)cc1. The lowest BCUT2D eigenvalue weighted by Crippen LogP contribution is -2.59. The Morgan fingerprint density at radius 2 is 0.700 bits per heavy atom. The molecule has 13 heteroatoms. The Balaban J connectivity index is 0.000000214. The van der Waals surface area contributed by atoms with Crippen molar-refractivity contribution in [2.75, 3.05) is 33.0 Å². The maximum Gasteiger partial charge on any atom is 0.344 e. The average Bonchev–Trinajstić information content (AvgIpc) is 0.781. The number of hydrogen-bond acceptors (Lipinski definition) is 13. The van der Waals surface area contributed by atoms with Gasteiger partial charge in [-0.1, -0.05) is 144 Å². The zero-order chi connectivity index (χ0) is 72.8. The second-order valence-electron chi connectivity index (χ2n) is 30.0. The van der Waals surface area contributed by atoms with E-state index >= 15 is 0 Å². The van der Waals surface area contributed by atoms with Crippen LogP contribution in [-0.2, 0) is 38.1 Å². The lowest BCUT2D eigenvalue weighted by atomic mass is 9.49. The largest absolute Gasteiger partial charge is 0.482 e. The molecule has 10 rings (SSSR count). The summed E-state index contributed by atoms with van der Waals surface area (Å²) >= 11 is 0. The molecule has 0 saturated heterocycles. The first-order chi connectivity index (χ1) is 47.9. The molecule has 5 aromatic carbocycles. The molecule has 5 saturated carbocycles. The Morgan fingerprint density at radius 3 is 0.990 bits per heavy atom. The Kier molecular flexibility index (Phi) is 34.2. The molecule has 7 atom stereocenters. The topological polar surface area (TPSA) is 144 Å². The normalized spacial score (nSPS) is 20.7. The highest BCUT2D eigenvalue weighted by atomic mass is 16.7. The van der Waals surface area contributed by atoms with Crippen LogP contribution < -0.4 is 23.7 Å². The molecule has 0 amide bonds. The zero-order valence-corrected chi connectivity index (χ0v) is 64.5. The second kappa shape index (κ2) is 41.5. The first-order valence-electron chi connectivity index (χ1n) is 38.5. The predicted octanol–water partition coefficient (Wildman–Crippen LogP) is 22.2. The van der Waals surface area contributed by atoms with E-state index in [1.807, 2.05) is 107 Å². The van der Waals surface area contributed by atoms with Gasteiger partial charge in [0.2, 0.25) is 0 Å². The van der Waals surface area contributed by atoms with Crippen LogP contribution in [0.15, 0.2) is 121 Å². The molecule has 0 aliphatic heterocycles. The van der Waals surface area contributed by atoms with Crippen LogP contribution in [0.2, 0.25) is 0 Å². The van der Waals surface area contributed by atoms with Gasteiger partial charge in [-0.25, -0.2) is 14.4 Å². The third-order valence-corrected chi connectivity index (χ3v) is 21.5. The lowest BCUT2D eigenvalue weighted by Gasteiger charge is -2.60. The molecule has 4 bridgehead atoms. The minimum Gasteiger partial charge on any atom is -0.482 e. The van der Waals surface area contributed by atoms with Crippen molar-refractivity contribution in [1.29, 1.82) is 0 Å². The van der Waals surface area contributed by atoms with Gasteiger partial charge in [0.15, 0.2) is 32.4 Å². The van der Waals surface area contributed by atoms with Gasteiger partial charge in [0.05, 0.1) is 13.2 Å². The molecule has 13 nitrogen and oxygen atoms in total. The number of esters is 3. The van der Waals surface area contributed by atoms with E-state index in [0.717, 1.165) is 118 Å². The van der Waals surface area contributed by atoms with E-state index in [4.69, 9.17) is 47.4 Å². The van der Waals surface area contributed by atoms with Crippen molar-refractivity contribution in [3.63, 3.8) is 0 Å². The van der Waals surface area contributed by atoms with Gasteiger partial charge in [0.1, 0.15) is 45.6 Å². The van der Waals surface area contributed by atoms with Crippen LogP contribution in [0.3, 0.4) is 0 Å². The summed E-state index contributed by atoms with van der Waals surface area (Å²) in [5, 5.41) is 0. The van der Waals surface area contributed by atoms with Crippen molar-refractivity contribution in [3.8, 4) is 28.7 Å². The van der Waals surface area contributed by atoms with E-state index in [1.165, 1.54) is 59.9 Å². The Labute approximate surface area is 603 Å². The van der Waals surface area contributed by atoms with Gasteiger partial charge in [-0.3, -0.25) is 0 Å². The Hall–Kier alpha value is -6.57. The fourth-order valence-electron chi connectivity index (χ4n) is 14.4. The number of rotatable bonds is 34. The molecule has 100 heavy (non-hydrogen) atoms. The third-order valence-electron chi connectivity index (χ3n) is 21.5. The van der Waals surface area contributed by atoms with Crippen LogP contribution >= 0.6 is 0 Å². The van der Waals surface area contributed by atoms with E-state index in [-0.39, 0.29) is 61.5 Å². The van der Waals surface area contributed by atoms with E-state index in [2.05, 4.69) is 132 Å². The molecule has 5 aromatic rings. The first-order valence-corrected chi connectivity index (χ1v) is 38.5. The molecule has 0 heterocycles. The molecule has 0 N–H and O–H groups in total. The first kappa shape index (κ1) is 82.4. The molecule has 5 aliphatic carbocycles. The fraction of sp³-hybridized carbons (Fsp3) is 0.621. The molecule has 0 spiro atoms. The third kappa shape index (κ3) is 26.7. The highest BCUT2D eigenvalue weighted by Crippen LogP contribution is 2.60. The van der Waals surface area contributed by atoms with Gasteiger partial charge in [0.25, 0.3) is 0 Å². The summed E-state index contributed by atoms with van der Waals surface area (Å²) in [5.41, 5.74) is 5.64. The van der Waals surface area contributed by atoms with Crippen LogP contribution in [-0.4, -0.2) is 80.3 Å². The lowest BCUT2D eigenvalue weighted by molar-refractivity contribution is -0.212. The molecule has 554 valence electrons. The van der Waals surface area contributed by atoms with E-state index in [0.29, 0.717) is 60.4 Å². The summed E-state index contributed by atoms with van der Waals surface area (Å²) in [6, 6.07) is 40.6. The molecule has 5 fully saturated rings. The van der Waals surface area contributed by atoms with Crippen LogP contribution in [0.4, 0.5) is 0 Å². The monoisotopic (exact) mass is 1380 g/mol. The summed E-state index contributed by atoms with van der Waals surface area (Å²) < 4.78 is 57.0. The minimum atomic E-state index is -0.471. The van der Waals surface area contributed by atoms with Crippen molar-refractivity contribution < 1.29 is 61.8 Å². The quantitative estimate of drug-likeness (QED) is 0.0167. The van der Waals surface area contributed by atoms with Crippen LogP contribution in [0.25, 0.3) is 0 Å². The summed E-state index contributed by atoms with van der Waals surface area (Å²) in [7, 11) is 0. The molecule has 5 aliphatic rings. The maximum atomic E-state index is 12.6. The Bertz CT molecular complexity index is 3020. The molecular weight excluding hydrogens is 1250 g/mol. The molecule has 0 aromatic heterocycles. The van der Waals surface area contributed by atoms with Crippen LogP contribution in [0, 0.1) is 23.7 Å². The van der Waals surface area contributed by atoms with Gasteiger partial charge in [-0.2, -0.15) is 0 Å². The van der Waals surface area contributed by atoms with Gasteiger partial charge in [-0.15, -0.1) is 0 Å². The van der Waals surface area contributed by atoms with Crippen molar-refractivity contribution in [2.45, 2.75) is 292 Å². The van der Waals surface area contributed by atoms with Crippen LogP contribution in [0.1, 0.15) is 291 Å². The number of carbonyl (C=O) groups is 3. The number of ether oxygens (including phenoxy) is 10. The van der Waals surface area contributed by atoms with Crippen LogP contribution in [0.5, 0.6) is 28.7 Å². The molecule has 7 unspecified atom stereocenters. The molecular formula is C87H128O13. The average molecular weight is 1380 g/mol. The highest BCUT2D eigenvalue weighted by Gasteiger charge is 2.58. The smallest absolute Gasteiger partial charge is 0.344 e. The van der Waals surface area contributed by atoms with Gasteiger partial charge in [-0.05, 0) is 292 Å². The summed E-state index contributed by atoms with van der Waals surface area (Å²) in [6.07, 6.45) is 19.5. The minimum absolute atomic E-state index is 0.00950. The highest BCUT2D eigenvalue weighted by molar-refractivity contribution is 5.72. The van der Waals surface area contributed by atoms with E-state index in [9.17, 15) is 14.4 Å². The summed E-state index contributed by atoms with van der Waals surface area (Å²) in [6.45, 7) is 36.9. The van der Waals surface area contributed by atoms with Crippen molar-refractivity contribution in [1.82, 2.24) is 0 Å². The number of hydrogen-bond donors (Lipinski definition) is 0. The summed E-state index contributed by atoms with van der Waals surface area (Å²) in [4.78, 5) is 36.2. The second-order valence-corrected chi connectivity index (χ2v) is 30.0. The molecule has 0 radical (unpaired) electrons. The predicted molar refractivity (Wildman–Crippen MR) is 403 cm³/mol. The van der Waals surface area contributed by atoms with E-state index < -0.39 is 5.60 Å². The van der Waals surface area contributed by atoms with E-state index in [1.54, 1.807) is 0 Å². The van der Waals surface area contributed by atoms with Crippen molar-refractivity contribution >= 4 is 17.9 Å². The van der Waals surface area contributed by atoms with Crippen molar-refractivity contribution in [3.05, 3.63) is 149 Å².